The van der Waals surface area contributed by atoms with E-state index in [0.717, 1.165) is 36.3 Å². The number of aliphatic carboxylic acids is 1. The van der Waals surface area contributed by atoms with Crippen LogP contribution in [0.4, 0.5) is 36.1 Å². The van der Waals surface area contributed by atoms with Gasteiger partial charge in [0.1, 0.15) is 5.02 Å². The second kappa shape index (κ2) is 12.7. The highest BCUT2D eigenvalue weighted by molar-refractivity contribution is 6.33. The summed E-state index contributed by atoms with van der Waals surface area (Å²) in [5.74, 6) is -2.32. The van der Waals surface area contributed by atoms with Crippen LogP contribution in [0.15, 0.2) is 54.7 Å². The largest absolute Gasteiger partial charge is 0.490 e. The first-order valence-corrected chi connectivity index (χ1v) is 10.5. The van der Waals surface area contributed by atoms with Gasteiger partial charge in [0.15, 0.2) is 5.82 Å². The quantitative estimate of drug-likeness (QED) is 0.137. The molecule has 1 aromatic heterocycles. The minimum atomic E-state index is -5.08. The minimum Gasteiger partial charge on any atom is -0.475 e. The third-order valence-electron chi connectivity index (χ3n) is 4.18. The molecule has 0 atom stereocenters. The number of rotatable bonds is 8. The number of nitro benzene ring substituents is 1. The van der Waals surface area contributed by atoms with Crippen molar-refractivity contribution < 1.29 is 28.0 Å². The van der Waals surface area contributed by atoms with Gasteiger partial charge in [-0.1, -0.05) is 29.8 Å². The highest BCUT2D eigenvalue weighted by atomic mass is 35.5. The zero-order valence-corrected chi connectivity index (χ0v) is 19.2. The Kier molecular flexibility index (Phi) is 10.0. The molecule has 9 nitrogen and oxygen atoms in total. The first kappa shape index (κ1) is 27.6. The van der Waals surface area contributed by atoms with Gasteiger partial charge in [0.25, 0.3) is 5.69 Å². The Morgan fingerprint density at radius 1 is 1.11 bits per heavy atom. The van der Waals surface area contributed by atoms with Crippen LogP contribution in [0.5, 0.6) is 0 Å². The van der Waals surface area contributed by atoms with E-state index in [4.69, 9.17) is 33.1 Å². The third-order valence-corrected chi connectivity index (χ3v) is 4.63. The van der Waals surface area contributed by atoms with Crippen LogP contribution in [0.1, 0.15) is 12.0 Å². The Morgan fingerprint density at radius 2 is 1.77 bits per heavy atom. The molecule has 0 spiro atoms. The molecule has 3 rings (SSSR count). The maximum Gasteiger partial charge on any atom is 0.490 e. The SMILES string of the molecule is O=C(O)C(F)(F)F.O=[N+]([O-])c1cccc(CCCNc2cccc(Nc3nc(Cl)ncc3Cl)c2)c1. The second-order valence-electron chi connectivity index (χ2n) is 6.80. The first-order chi connectivity index (χ1) is 16.5. The van der Waals surface area contributed by atoms with Gasteiger partial charge in [-0.15, -0.1) is 0 Å². The average Bonchev–Trinajstić information content (AvgIpc) is 2.79. The van der Waals surface area contributed by atoms with Gasteiger partial charge < -0.3 is 15.7 Å². The molecule has 0 unspecified atom stereocenters. The van der Waals surface area contributed by atoms with Crippen molar-refractivity contribution in [3.05, 3.63) is 80.7 Å². The Bertz CT molecular complexity index is 1180. The number of carboxylic acid groups (broad SMARTS) is 1. The molecule has 0 radical (unpaired) electrons. The summed E-state index contributed by atoms with van der Waals surface area (Å²) in [6, 6.07) is 14.4. The molecule has 14 heteroatoms. The summed E-state index contributed by atoms with van der Waals surface area (Å²) < 4.78 is 31.7. The number of nitrogens with one attached hydrogen (secondary N) is 2. The lowest BCUT2D eigenvalue weighted by molar-refractivity contribution is -0.384. The maximum absolute atomic E-state index is 10.8. The van der Waals surface area contributed by atoms with Crippen molar-refractivity contribution in [1.29, 1.82) is 0 Å². The number of hydrogen-bond donors (Lipinski definition) is 3. The number of nitrogens with zero attached hydrogens (tertiary/aromatic N) is 3. The van der Waals surface area contributed by atoms with Crippen LogP contribution < -0.4 is 10.6 Å². The third kappa shape index (κ3) is 9.63. The van der Waals surface area contributed by atoms with Crippen LogP contribution in [-0.4, -0.2) is 38.7 Å². The number of carboxylic acids is 1. The van der Waals surface area contributed by atoms with E-state index in [2.05, 4.69) is 20.6 Å². The van der Waals surface area contributed by atoms with Crippen molar-refractivity contribution in [2.24, 2.45) is 0 Å². The molecular formula is C21H18Cl2F3N5O4. The zero-order chi connectivity index (χ0) is 26.0. The van der Waals surface area contributed by atoms with Crippen molar-refractivity contribution in [3.63, 3.8) is 0 Å². The lowest BCUT2D eigenvalue weighted by Gasteiger charge is -2.11. The Hall–Kier alpha value is -3.64. The van der Waals surface area contributed by atoms with Crippen molar-refractivity contribution in [1.82, 2.24) is 9.97 Å². The molecule has 3 N–H and O–H groups in total. The highest BCUT2D eigenvalue weighted by Crippen LogP contribution is 2.25. The van der Waals surface area contributed by atoms with Crippen molar-refractivity contribution in [2.45, 2.75) is 19.0 Å². The summed E-state index contributed by atoms with van der Waals surface area (Å²) in [4.78, 5) is 27.2. The highest BCUT2D eigenvalue weighted by Gasteiger charge is 2.38. The van der Waals surface area contributed by atoms with Crippen LogP contribution in [0.3, 0.4) is 0 Å². The van der Waals surface area contributed by atoms with Crippen LogP contribution in [0.25, 0.3) is 0 Å². The number of hydrogen-bond acceptors (Lipinski definition) is 7. The summed E-state index contributed by atoms with van der Waals surface area (Å²) in [5, 5.41) is 24.9. The predicted molar refractivity (Wildman–Crippen MR) is 125 cm³/mol. The van der Waals surface area contributed by atoms with Gasteiger partial charge in [-0.05, 0) is 48.2 Å². The molecule has 3 aromatic rings. The molecule has 186 valence electrons. The van der Waals surface area contributed by atoms with E-state index < -0.39 is 12.1 Å². The van der Waals surface area contributed by atoms with E-state index in [0.29, 0.717) is 10.8 Å². The standard InChI is InChI=1S/C19H17Cl2N5O2.C2HF3O2/c20-17-12-23-19(21)25-18(17)24-15-7-2-6-14(11-15)22-9-3-5-13-4-1-8-16(10-13)26(27)28;3-2(4,5)1(6)7/h1-2,4,6-8,10-12,22H,3,5,9H2,(H,23,24,25);(H,6,7). The number of alkyl halides is 3. The van der Waals surface area contributed by atoms with E-state index in [1.54, 1.807) is 12.1 Å². The molecule has 0 saturated heterocycles. The normalized spacial score (nSPS) is 10.7. The molecule has 2 aromatic carbocycles. The number of benzene rings is 2. The van der Waals surface area contributed by atoms with E-state index in [1.165, 1.54) is 12.3 Å². The summed E-state index contributed by atoms with van der Waals surface area (Å²) in [5.41, 5.74) is 2.80. The fourth-order valence-corrected chi connectivity index (χ4v) is 2.90. The monoisotopic (exact) mass is 531 g/mol. The number of carbonyl (C=O) groups is 1. The van der Waals surface area contributed by atoms with E-state index >= 15 is 0 Å². The molecule has 35 heavy (non-hydrogen) atoms. The van der Waals surface area contributed by atoms with Crippen molar-refractivity contribution in [2.75, 3.05) is 17.2 Å². The fourth-order valence-electron chi connectivity index (χ4n) is 2.63. The van der Waals surface area contributed by atoms with E-state index in [9.17, 15) is 23.3 Å². The van der Waals surface area contributed by atoms with Crippen LogP contribution in [0, 0.1) is 10.1 Å². The number of halogens is 5. The minimum absolute atomic E-state index is 0.113. The van der Waals surface area contributed by atoms with Crippen molar-refractivity contribution >= 4 is 52.1 Å². The predicted octanol–water partition coefficient (Wildman–Crippen LogP) is 6.11. The van der Waals surface area contributed by atoms with Gasteiger partial charge in [-0.2, -0.15) is 18.2 Å². The summed E-state index contributed by atoms with van der Waals surface area (Å²) in [6.45, 7) is 0.728. The number of nitro groups is 1. The van der Waals surface area contributed by atoms with E-state index in [-0.39, 0.29) is 15.9 Å². The molecular weight excluding hydrogens is 514 g/mol. The van der Waals surface area contributed by atoms with Crippen LogP contribution in [0.2, 0.25) is 10.3 Å². The maximum atomic E-state index is 10.8. The number of anilines is 3. The molecule has 0 saturated carbocycles. The summed E-state index contributed by atoms with van der Waals surface area (Å²) >= 11 is 11.9. The van der Waals surface area contributed by atoms with Crippen LogP contribution >= 0.6 is 23.2 Å². The van der Waals surface area contributed by atoms with Gasteiger partial charge in [0.2, 0.25) is 5.28 Å². The van der Waals surface area contributed by atoms with Gasteiger partial charge in [0, 0.05) is 30.1 Å². The lowest BCUT2D eigenvalue weighted by Crippen LogP contribution is -2.21. The Balaban J connectivity index is 0.000000540. The molecule has 0 bridgehead atoms. The van der Waals surface area contributed by atoms with Gasteiger partial charge >= 0.3 is 12.1 Å². The fraction of sp³-hybridized carbons (Fsp3) is 0.190. The lowest BCUT2D eigenvalue weighted by atomic mass is 10.1. The van der Waals surface area contributed by atoms with Crippen LogP contribution in [-0.2, 0) is 11.2 Å². The van der Waals surface area contributed by atoms with Gasteiger partial charge in [-0.25, -0.2) is 9.78 Å². The summed E-state index contributed by atoms with van der Waals surface area (Å²) in [6.07, 6.45) is -2.05. The number of non-ortho nitro benzene ring substituents is 1. The number of aromatic nitrogens is 2. The van der Waals surface area contributed by atoms with E-state index in [1.807, 2.05) is 30.3 Å². The molecule has 0 aliphatic carbocycles. The first-order valence-electron chi connectivity index (χ1n) is 9.78. The average molecular weight is 532 g/mol. The Labute approximate surface area is 207 Å². The number of aryl methyl sites for hydroxylation is 1. The molecule has 0 aliphatic heterocycles. The molecule has 0 amide bonds. The van der Waals surface area contributed by atoms with Crippen molar-refractivity contribution in [3.8, 4) is 0 Å². The Morgan fingerprint density at radius 3 is 2.43 bits per heavy atom. The van der Waals surface area contributed by atoms with Gasteiger partial charge in [-0.3, -0.25) is 10.1 Å². The van der Waals surface area contributed by atoms with Gasteiger partial charge in [0.05, 0.1) is 11.1 Å². The second-order valence-corrected chi connectivity index (χ2v) is 7.55. The zero-order valence-electron chi connectivity index (χ0n) is 17.7. The molecule has 0 fully saturated rings. The smallest absolute Gasteiger partial charge is 0.475 e. The summed E-state index contributed by atoms with van der Waals surface area (Å²) in [7, 11) is 0. The molecule has 1 heterocycles. The topological polar surface area (TPSA) is 130 Å². The molecule has 0 aliphatic rings.